The fraction of sp³-hybridized carbons (Fsp3) is 0.0172. The van der Waals surface area contributed by atoms with Crippen LogP contribution in [-0.4, -0.2) is 19.5 Å². The average Bonchev–Trinajstić information content (AvgIpc) is 4.01. The second kappa shape index (κ2) is 13.8. The van der Waals surface area contributed by atoms with Gasteiger partial charge in [-0.2, -0.15) is 9.97 Å². The van der Waals surface area contributed by atoms with Gasteiger partial charge in [0.2, 0.25) is 5.95 Å². The van der Waals surface area contributed by atoms with Gasteiger partial charge in [0.05, 0.1) is 11.0 Å². The molecule has 0 radical (unpaired) electrons. The topological polar surface area (TPSA) is 56.7 Å². The van der Waals surface area contributed by atoms with Gasteiger partial charge >= 0.3 is 0 Å². The molecule has 63 heavy (non-hydrogen) atoms. The predicted molar refractivity (Wildman–Crippen MR) is 255 cm³/mol. The SMILES string of the molecule is c1ccc(-c2ccc3c4ccccc4n(-c4nc(-c5cccc(-c6cccc7oc8ccccc8c67)c5)nc(C5(c6ccccc6)c6ccccc6-c6ccccc65)n4)c3c2)cc1. The molecule has 294 valence electrons. The number of rotatable bonds is 6. The van der Waals surface area contributed by atoms with Crippen molar-refractivity contribution in [1.82, 2.24) is 19.5 Å². The lowest BCUT2D eigenvalue weighted by atomic mass is 9.71. The summed E-state index contributed by atoms with van der Waals surface area (Å²) in [6.45, 7) is 0. The van der Waals surface area contributed by atoms with Gasteiger partial charge < -0.3 is 4.42 Å². The summed E-state index contributed by atoms with van der Waals surface area (Å²) in [4.78, 5) is 16.9. The number of hydrogen-bond acceptors (Lipinski definition) is 4. The third-order valence-corrected chi connectivity index (χ3v) is 12.9. The Kier molecular flexibility index (Phi) is 7.75. The number of fused-ring (bicyclic) bond motifs is 9. The maximum absolute atomic E-state index is 6.34. The molecule has 12 aromatic rings. The van der Waals surface area contributed by atoms with Gasteiger partial charge in [-0.05, 0) is 80.4 Å². The van der Waals surface area contributed by atoms with Crippen LogP contribution < -0.4 is 0 Å². The summed E-state index contributed by atoms with van der Waals surface area (Å²) < 4.78 is 8.58. The zero-order valence-electron chi connectivity index (χ0n) is 34.0. The lowest BCUT2D eigenvalue weighted by Crippen LogP contribution is -2.32. The Bertz CT molecular complexity index is 3710. The van der Waals surface area contributed by atoms with E-state index in [1.165, 1.54) is 11.1 Å². The van der Waals surface area contributed by atoms with Gasteiger partial charge in [0.1, 0.15) is 16.6 Å². The second-order valence-corrected chi connectivity index (χ2v) is 16.3. The maximum Gasteiger partial charge on any atom is 0.238 e. The van der Waals surface area contributed by atoms with Gasteiger partial charge in [-0.15, -0.1) is 0 Å². The van der Waals surface area contributed by atoms with Crippen molar-refractivity contribution in [3.8, 4) is 50.7 Å². The third kappa shape index (κ3) is 5.27. The van der Waals surface area contributed by atoms with E-state index >= 15 is 0 Å². The fourth-order valence-corrected chi connectivity index (χ4v) is 10.2. The van der Waals surface area contributed by atoms with E-state index in [4.69, 9.17) is 19.4 Å². The Balaban J connectivity index is 1.13. The first-order valence-corrected chi connectivity index (χ1v) is 21.4. The molecular weight excluding hydrogens is 769 g/mol. The minimum absolute atomic E-state index is 0.553. The van der Waals surface area contributed by atoms with Crippen LogP contribution in [0.2, 0.25) is 0 Å². The molecule has 3 aromatic heterocycles. The first-order chi connectivity index (χ1) is 31.2. The number of benzene rings is 9. The first kappa shape index (κ1) is 35.4. The van der Waals surface area contributed by atoms with Gasteiger partial charge in [-0.25, -0.2) is 4.98 Å². The smallest absolute Gasteiger partial charge is 0.238 e. The largest absolute Gasteiger partial charge is 0.456 e. The Labute approximate surface area is 363 Å². The van der Waals surface area contributed by atoms with E-state index in [1.807, 2.05) is 18.2 Å². The van der Waals surface area contributed by atoms with Crippen molar-refractivity contribution in [1.29, 1.82) is 0 Å². The van der Waals surface area contributed by atoms with E-state index in [1.54, 1.807) is 0 Å². The highest BCUT2D eigenvalue weighted by atomic mass is 16.3. The molecule has 1 aliphatic carbocycles. The summed E-state index contributed by atoms with van der Waals surface area (Å²) in [5.74, 6) is 1.80. The molecule has 9 aromatic carbocycles. The van der Waals surface area contributed by atoms with Crippen LogP contribution in [0.5, 0.6) is 0 Å². The molecule has 0 aliphatic heterocycles. The van der Waals surface area contributed by atoms with Gasteiger partial charge in [-0.3, -0.25) is 4.57 Å². The van der Waals surface area contributed by atoms with Crippen LogP contribution in [0.4, 0.5) is 0 Å². The van der Waals surface area contributed by atoms with Gasteiger partial charge in [0, 0.05) is 27.1 Å². The Hall–Kier alpha value is -8.41. The molecule has 3 heterocycles. The molecule has 5 heteroatoms. The Morgan fingerprint density at radius 2 is 0.984 bits per heavy atom. The van der Waals surface area contributed by atoms with Crippen LogP contribution in [0, 0.1) is 0 Å². The van der Waals surface area contributed by atoms with Crippen molar-refractivity contribution < 1.29 is 4.42 Å². The summed E-state index contributed by atoms with van der Waals surface area (Å²) in [6, 6.07) is 77.1. The van der Waals surface area contributed by atoms with Gasteiger partial charge in [0.25, 0.3) is 0 Å². The first-order valence-electron chi connectivity index (χ1n) is 21.4. The summed E-state index contributed by atoms with van der Waals surface area (Å²) in [7, 11) is 0. The minimum Gasteiger partial charge on any atom is -0.456 e. The molecule has 0 atom stereocenters. The molecule has 0 N–H and O–H groups in total. The molecule has 0 saturated carbocycles. The highest BCUT2D eigenvalue weighted by Crippen LogP contribution is 2.55. The average molecular weight is 805 g/mol. The van der Waals surface area contributed by atoms with Crippen molar-refractivity contribution in [2.24, 2.45) is 0 Å². The third-order valence-electron chi connectivity index (χ3n) is 12.9. The van der Waals surface area contributed by atoms with Crippen molar-refractivity contribution >= 4 is 43.7 Å². The van der Waals surface area contributed by atoms with E-state index < -0.39 is 5.41 Å². The van der Waals surface area contributed by atoms with Crippen LogP contribution in [0.15, 0.2) is 223 Å². The van der Waals surface area contributed by atoms with Crippen molar-refractivity contribution in [2.45, 2.75) is 5.41 Å². The molecule has 0 bridgehead atoms. The van der Waals surface area contributed by atoms with Crippen LogP contribution in [0.3, 0.4) is 0 Å². The van der Waals surface area contributed by atoms with E-state index in [0.717, 1.165) is 88.3 Å². The monoisotopic (exact) mass is 804 g/mol. The quantitative estimate of drug-likeness (QED) is 0.168. The molecule has 1 aliphatic rings. The number of nitrogens with zero attached hydrogens (tertiary/aromatic N) is 4. The highest BCUT2D eigenvalue weighted by molar-refractivity contribution is 6.13. The van der Waals surface area contributed by atoms with E-state index in [2.05, 4.69) is 205 Å². The Morgan fingerprint density at radius 3 is 1.79 bits per heavy atom. The summed E-state index contributed by atoms with van der Waals surface area (Å²) in [6.07, 6.45) is 0. The van der Waals surface area contributed by atoms with Crippen LogP contribution in [0.25, 0.3) is 94.5 Å². The zero-order chi connectivity index (χ0) is 41.5. The second-order valence-electron chi connectivity index (χ2n) is 16.3. The molecule has 0 fully saturated rings. The number of aromatic nitrogens is 4. The van der Waals surface area contributed by atoms with E-state index in [0.29, 0.717) is 17.6 Å². The summed E-state index contributed by atoms with van der Waals surface area (Å²) in [5, 5.41) is 4.43. The zero-order valence-corrected chi connectivity index (χ0v) is 34.0. The van der Waals surface area contributed by atoms with Crippen molar-refractivity contribution in [3.05, 3.63) is 241 Å². The highest BCUT2D eigenvalue weighted by Gasteiger charge is 2.49. The summed E-state index contributed by atoms with van der Waals surface area (Å²) >= 11 is 0. The predicted octanol–water partition coefficient (Wildman–Crippen LogP) is 14.2. The molecule has 5 nitrogen and oxygen atoms in total. The lowest BCUT2D eigenvalue weighted by molar-refractivity contribution is 0.669. The maximum atomic E-state index is 6.34. The van der Waals surface area contributed by atoms with E-state index in [9.17, 15) is 0 Å². The number of hydrogen-bond donors (Lipinski definition) is 0. The van der Waals surface area contributed by atoms with Gasteiger partial charge in [-0.1, -0.05) is 188 Å². The normalized spacial score (nSPS) is 12.9. The fourth-order valence-electron chi connectivity index (χ4n) is 10.2. The van der Waals surface area contributed by atoms with Crippen LogP contribution >= 0.6 is 0 Å². The number of para-hydroxylation sites is 2. The van der Waals surface area contributed by atoms with E-state index in [-0.39, 0.29) is 0 Å². The Morgan fingerprint density at radius 1 is 0.381 bits per heavy atom. The van der Waals surface area contributed by atoms with Crippen molar-refractivity contribution in [2.75, 3.05) is 0 Å². The van der Waals surface area contributed by atoms with Crippen LogP contribution in [-0.2, 0) is 5.41 Å². The minimum atomic E-state index is -0.853. The standard InChI is InChI=1S/C58H36N4O/c1-3-17-37(18-4-1)38-33-34-46-45-25-9-13-30-50(45)62(51(46)36-38)57-60-55(40-20-15-19-39(35-40)42-27-16-32-53-54(42)47-26-10-14-31-52(47)63-53)59-56(61-57)58(41-21-5-2-6-22-41)48-28-11-7-23-43(48)44-24-8-12-29-49(44)58/h1-36H. The molecule has 0 spiro atoms. The molecule has 0 amide bonds. The molecule has 13 rings (SSSR count). The number of furan rings is 1. The summed E-state index contributed by atoms with van der Waals surface area (Å²) in [5.41, 5.74) is 13.9. The lowest BCUT2D eigenvalue weighted by Gasteiger charge is -2.32. The van der Waals surface area contributed by atoms with Crippen LogP contribution in [0.1, 0.15) is 22.5 Å². The molecule has 0 saturated heterocycles. The van der Waals surface area contributed by atoms with Crippen molar-refractivity contribution in [3.63, 3.8) is 0 Å². The molecule has 0 unspecified atom stereocenters. The van der Waals surface area contributed by atoms with Gasteiger partial charge in [0.15, 0.2) is 11.6 Å². The molecular formula is C58H36N4O.